The van der Waals surface area contributed by atoms with Crippen LogP contribution in [0.15, 0.2) is 9.90 Å². The van der Waals surface area contributed by atoms with Crippen molar-refractivity contribution in [2.24, 2.45) is 0 Å². The molecule has 2 aromatic heterocycles. The standard InChI is InChI=1S/C18H23N3O2S/c1-12-15(13(2)23-19-12)9-20-8-5-14-16(11-24-17(14)10-20)18(22)21-6-3-4-7-21/h11H,3-10H2,1-2H3. The maximum atomic E-state index is 12.7. The molecule has 128 valence electrons. The van der Waals surface area contributed by atoms with E-state index in [1.54, 1.807) is 11.3 Å². The number of nitrogens with zero attached hydrogens (tertiary/aromatic N) is 3. The summed E-state index contributed by atoms with van der Waals surface area (Å²) < 4.78 is 5.27. The third-order valence-corrected chi connectivity index (χ3v) is 6.23. The topological polar surface area (TPSA) is 49.6 Å². The lowest BCUT2D eigenvalue weighted by Gasteiger charge is -2.27. The van der Waals surface area contributed by atoms with Crippen LogP contribution in [-0.4, -0.2) is 40.5 Å². The fourth-order valence-corrected chi connectivity index (χ4v) is 4.85. The van der Waals surface area contributed by atoms with E-state index in [1.807, 2.05) is 18.7 Å². The number of carbonyl (C=O) groups excluding carboxylic acids is 1. The van der Waals surface area contributed by atoms with Crippen LogP contribution in [0.1, 0.15) is 50.7 Å². The highest BCUT2D eigenvalue weighted by Crippen LogP contribution is 2.31. The summed E-state index contributed by atoms with van der Waals surface area (Å²) >= 11 is 1.74. The van der Waals surface area contributed by atoms with Gasteiger partial charge in [0.25, 0.3) is 5.91 Å². The van der Waals surface area contributed by atoms with Crippen molar-refractivity contribution in [2.75, 3.05) is 19.6 Å². The SMILES string of the molecule is Cc1noc(C)c1CN1CCc2c(C(=O)N3CCCC3)csc2C1. The van der Waals surface area contributed by atoms with E-state index < -0.39 is 0 Å². The van der Waals surface area contributed by atoms with E-state index in [-0.39, 0.29) is 5.91 Å². The largest absolute Gasteiger partial charge is 0.361 e. The molecule has 2 aromatic rings. The lowest BCUT2D eigenvalue weighted by molar-refractivity contribution is 0.0791. The summed E-state index contributed by atoms with van der Waals surface area (Å²) in [6.07, 6.45) is 3.24. The van der Waals surface area contributed by atoms with Crippen LogP contribution >= 0.6 is 11.3 Å². The van der Waals surface area contributed by atoms with E-state index in [0.29, 0.717) is 0 Å². The van der Waals surface area contributed by atoms with Crippen molar-refractivity contribution in [3.8, 4) is 0 Å². The number of carbonyl (C=O) groups is 1. The zero-order chi connectivity index (χ0) is 16.7. The molecule has 0 atom stereocenters. The van der Waals surface area contributed by atoms with Gasteiger partial charge >= 0.3 is 0 Å². The average Bonchev–Trinajstić information content (AvgIpc) is 3.30. The fraction of sp³-hybridized carbons (Fsp3) is 0.556. The molecule has 5 nitrogen and oxygen atoms in total. The van der Waals surface area contributed by atoms with Gasteiger partial charge in [-0.1, -0.05) is 5.16 Å². The van der Waals surface area contributed by atoms with E-state index in [2.05, 4.69) is 15.4 Å². The van der Waals surface area contributed by atoms with Crippen LogP contribution in [0.4, 0.5) is 0 Å². The third kappa shape index (κ3) is 2.78. The molecular formula is C18H23N3O2S. The van der Waals surface area contributed by atoms with E-state index in [9.17, 15) is 4.79 Å². The molecule has 4 rings (SSSR count). The van der Waals surface area contributed by atoms with Gasteiger partial charge in [0.1, 0.15) is 5.76 Å². The molecule has 2 aliphatic rings. The Labute approximate surface area is 146 Å². The summed E-state index contributed by atoms with van der Waals surface area (Å²) in [4.78, 5) is 18.5. The molecule has 1 fully saturated rings. The maximum absolute atomic E-state index is 12.7. The summed E-state index contributed by atoms with van der Waals surface area (Å²) in [6, 6.07) is 0. The molecule has 0 N–H and O–H groups in total. The molecule has 0 aliphatic carbocycles. The molecular weight excluding hydrogens is 322 g/mol. The summed E-state index contributed by atoms with van der Waals surface area (Å²) in [6.45, 7) is 8.57. The Balaban J connectivity index is 1.49. The van der Waals surface area contributed by atoms with Crippen LogP contribution in [0.5, 0.6) is 0 Å². The van der Waals surface area contributed by atoms with Gasteiger partial charge in [0, 0.05) is 48.5 Å². The molecule has 0 bridgehead atoms. The molecule has 0 unspecified atom stereocenters. The monoisotopic (exact) mass is 345 g/mol. The normalized spacial score (nSPS) is 18.2. The number of hydrogen-bond acceptors (Lipinski definition) is 5. The van der Waals surface area contributed by atoms with Gasteiger partial charge in [-0.3, -0.25) is 9.69 Å². The van der Waals surface area contributed by atoms with E-state index in [1.165, 1.54) is 16.0 Å². The molecule has 0 aromatic carbocycles. The molecule has 1 saturated heterocycles. The second kappa shape index (κ2) is 6.33. The maximum Gasteiger partial charge on any atom is 0.254 e. The van der Waals surface area contributed by atoms with Gasteiger partial charge in [-0.05, 0) is 38.7 Å². The fourth-order valence-electron chi connectivity index (χ4n) is 3.74. The number of amides is 1. The first-order valence-corrected chi connectivity index (χ1v) is 9.54. The summed E-state index contributed by atoms with van der Waals surface area (Å²) in [5.74, 6) is 1.15. The Kier molecular flexibility index (Phi) is 4.18. The van der Waals surface area contributed by atoms with Crippen molar-refractivity contribution in [1.29, 1.82) is 0 Å². The van der Waals surface area contributed by atoms with Gasteiger partial charge in [0.05, 0.1) is 11.3 Å². The second-order valence-electron chi connectivity index (χ2n) is 6.81. The molecule has 0 spiro atoms. The minimum Gasteiger partial charge on any atom is -0.361 e. The van der Waals surface area contributed by atoms with Gasteiger partial charge in [-0.15, -0.1) is 11.3 Å². The van der Waals surface area contributed by atoms with Crippen molar-refractivity contribution >= 4 is 17.2 Å². The third-order valence-electron chi connectivity index (χ3n) is 5.21. The van der Waals surface area contributed by atoms with E-state index in [4.69, 9.17) is 4.52 Å². The van der Waals surface area contributed by atoms with Crippen molar-refractivity contribution < 1.29 is 9.32 Å². The molecule has 0 radical (unpaired) electrons. The molecule has 2 aliphatic heterocycles. The van der Waals surface area contributed by atoms with Crippen LogP contribution in [0.3, 0.4) is 0 Å². The highest BCUT2D eigenvalue weighted by molar-refractivity contribution is 7.10. The second-order valence-corrected chi connectivity index (χ2v) is 7.78. The highest BCUT2D eigenvalue weighted by atomic mass is 32.1. The molecule has 6 heteroatoms. The first-order chi connectivity index (χ1) is 11.6. The van der Waals surface area contributed by atoms with Gasteiger partial charge in [-0.2, -0.15) is 0 Å². The number of fused-ring (bicyclic) bond motifs is 1. The molecule has 4 heterocycles. The van der Waals surface area contributed by atoms with Crippen LogP contribution < -0.4 is 0 Å². The van der Waals surface area contributed by atoms with Crippen LogP contribution in [0.2, 0.25) is 0 Å². The molecule has 24 heavy (non-hydrogen) atoms. The van der Waals surface area contributed by atoms with Crippen molar-refractivity contribution in [2.45, 2.75) is 46.2 Å². The number of aromatic nitrogens is 1. The van der Waals surface area contributed by atoms with Crippen LogP contribution in [0.25, 0.3) is 0 Å². The van der Waals surface area contributed by atoms with Crippen molar-refractivity contribution in [1.82, 2.24) is 15.0 Å². The van der Waals surface area contributed by atoms with Crippen molar-refractivity contribution in [3.05, 3.63) is 38.4 Å². The lowest BCUT2D eigenvalue weighted by Crippen LogP contribution is -2.32. The lowest BCUT2D eigenvalue weighted by atomic mass is 10.0. The Morgan fingerprint density at radius 1 is 1.29 bits per heavy atom. The smallest absolute Gasteiger partial charge is 0.254 e. The van der Waals surface area contributed by atoms with Gasteiger partial charge in [0.15, 0.2) is 0 Å². The van der Waals surface area contributed by atoms with E-state index in [0.717, 1.165) is 69.0 Å². The van der Waals surface area contributed by atoms with Crippen LogP contribution in [-0.2, 0) is 19.5 Å². The number of aryl methyl sites for hydroxylation is 2. The van der Waals surface area contributed by atoms with Gasteiger partial charge in [-0.25, -0.2) is 0 Å². The van der Waals surface area contributed by atoms with Crippen LogP contribution in [0, 0.1) is 13.8 Å². The summed E-state index contributed by atoms with van der Waals surface area (Å²) in [7, 11) is 0. The Hall–Kier alpha value is -1.66. The Morgan fingerprint density at radius 2 is 2.08 bits per heavy atom. The average molecular weight is 345 g/mol. The van der Waals surface area contributed by atoms with Crippen molar-refractivity contribution in [3.63, 3.8) is 0 Å². The number of rotatable bonds is 3. The quantitative estimate of drug-likeness (QED) is 0.857. The zero-order valence-electron chi connectivity index (χ0n) is 14.3. The summed E-state index contributed by atoms with van der Waals surface area (Å²) in [5, 5.41) is 6.12. The predicted octanol–water partition coefficient (Wildman–Crippen LogP) is 3.15. The molecule has 0 saturated carbocycles. The molecule has 1 amide bonds. The number of thiophene rings is 1. The Morgan fingerprint density at radius 3 is 2.79 bits per heavy atom. The minimum atomic E-state index is 0.240. The van der Waals surface area contributed by atoms with Gasteiger partial charge < -0.3 is 9.42 Å². The minimum absolute atomic E-state index is 0.240. The predicted molar refractivity (Wildman–Crippen MR) is 93.3 cm³/mol. The number of hydrogen-bond donors (Lipinski definition) is 0. The first-order valence-electron chi connectivity index (χ1n) is 8.66. The first kappa shape index (κ1) is 15.8. The van der Waals surface area contributed by atoms with Gasteiger partial charge in [0.2, 0.25) is 0 Å². The Bertz CT molecular complexity index is 739. The zero-order valence-corrected chi connectivity index (χ0v) is 15.1. The van der Waals surface area contributed by atoms with E-state index >= 15 is 0 Å². The highest BCUT2D eigenvalue weighted by Gasteiger charge is 2.28. The number of likely N-dealkylation sites (tertiary alicyclic amines) is 1. The summed E-state index contributed by atoms with van der Waals surface area (Å²) in [5.41, 5.74) is 4.42.